The molecule has 0 aromatic rings. The summed E-state index contributed by atoms with van der Waals surface area (Å²) in [5, 5.41) is 5.63. The normalized spacial score (nSPS) is 9.29. The lowest BCUT2D eigenvalue weighted by Crippen LogP contribution is -1.77. The molecular formula is C3H4N2O2. The minimum atomic E-state index is -0.466. The fourth-order valence-electron chi connectivity index (χ4n) is 0.105. The molecule has 0 saturated carbocycles. The molecule has 0 fully saturated rings. The van der Waals surface area contributed by atoms with E-state index in [4.69, 9.17) is 0 Å². The highest BCUT2D eigenvalue weighted by atomic mass is 16.2. The first-order valence-corrected chi connectivity index (χ1v) is 1.62. The van der Waals surface area contributed by atoms with Gasteiger partial charge in [0.15, 0.2) is 0 Å². The van der Waals surface area contributed by atoms with Gasteiger partial charge in [0, 0.05) is 6.92 Å². The molecule has 38 valence electrons. The van der Waals surface area contributed by atoms with Crippen molar-refractivity contribution < 1.29 is 9.59 Å². The van der Waals surface area contributed by atoms with Crippen molar-refractivity contribution in [2.24, 2.45) is 10.2 Å². The molecule has 0 heterocycles. The highest BCUT2D eigenvalue weighted by Gasteiger charge is 1.78. The van der Waals surface area contributed by atoms with Crippen LogP contribution < -0.4 is 0 Å². The molecule has 0 N–H and O–H groups in total. The van der Waals surface area contributed by atoms with Gasteiger partial charge in [0.2, 0.25) is 0 Å². The van der Waals surface area contributed by atoms with Crippen LogP contribution in [-0.2, 0) is 9.59 Å². The topological polar surface area (TPSA) is 58.9 Å². The van der Waals surface area contributed by atoms with Crippen LogP contribution in [0.15, 0.2) is 10.2 Å². The highest BCUT2D eigenvalue weighted by Crippen LogP contribution is 1.69. The third-order valence-corrected chi connectivity index (χ3v) is 0.246. The van der Waals surface area contributed by atoms with Gasteiger partial charge in [-0.3, -0.25) is 9.59 Å². The Morgan fingerprint density at radius 3 is 2.43 bits per heavy atom. The van der Waals surface area contributed by atoms with E-state index < -0.39 is 5.91 Å². The molecule has 4 nitrogen and oxygen atoms in total. The maximum absolute atomic E-state index is 9.78. The van der Waals surface area contributed by atoms with Gasteiger partial charge < -0.3 is 0 Å². The summed E-state index contributed by atoms with van der Waals surface area (Å²) in [4.78, 5) is 19.1. The second kappa shape index (κ2) is 3.14. The summed E-state index contributed by atoms with van der Waals surface area (Å²) in [6.07, 6.45) is 0.210. The third kappa shape index (κ3) is 4.94. The molecule has 0 bridgehead atoms. The fourth-order valence-corrected chi connectivity index (χ4v) is 0.105. The minimum Gasteiger partial charge on any atom is -0.275 e. The first kappa shape index (κ1) is 5.94. The zero-order valence-electron chi connectivity index (χ0n) is 3.79. The number of amides is 2. The molecule has 0 aliphatic heterocycles. The Bertz CT molecular complexity index is 108. The number of hydrogen-bond acceptors (Lipinski definition) is 2. The molecular weight excluding hydrogens is 96.0 g/mol. The zero-order chi connectivity index (χ0) is 5.70. The van der Waals surface area contributed by atoms with Crippen LogP contribution in [0, 0.1) is 0 Å². The Balaban J connectivity index is 3.46. The lowest BCUT2D eigenvalue weighted by molar-refractivity contribution is -0.117. The molecule has 0 spiro atoms. The zero-order valence-corrected chi connectivity index (χ0v) is 3.79. The SMILES string of the molecule is CC(=O)N=NC=O. The third-order valence-electron chi connectivity index (χ3n) is 0.246. The van der Waals surface area contributed by atoms with Gasteiger partial charge in [-0.15, -0.1) is 10.2 Å². The van der Waals surface area contributed by atoms with E-state index in [1.807, 2.05) is 0 Å². The Labute approximate surface area is 40.2 Å². The Morgan fingerprint density at radius 2 is 2.29 bits per heavy atom. The highest BCUT2D eigenvalue weighted by molar-refractivity contribution is 5.74. The van der Waals surface area contributed by atoms with Gasteiger partial charge >= 0.3 is 0 Å². The molecule has 0 saturated heterocycles. The van der Waals surface area contributed by atoms with E-state index in [2.05, 4.69) is 10.2 Å². The van der Waals surface area contributed by atoms with Crippen molar-refractivity contribution in [3.05, 3.63) is 0 Å². The number of rotatable bonds is 1. The van der Waals surface area contributed by atoms with Crippen molar-refractivity contribution in [1.82, 2.24) is 0 Å². The van der Waals surface area contributed by atoms with Crippen LogP contribution >= 0.6 is 0 Å². The van der Waals surface area contributed by atoms with Gasteiger partial charge in [-0.25, -0.2) is 0 Å². The summed E-state index contributed by atoms with van der Waals surface area (Å²) in [6, 6.07) is 0. The predicted octanol–water partition coefficient (Wildman–Crippen LogP) is 0.142. The van der Waals surface area contributed by atoms with Crippen molar-refractivity contribution in [3.8, 4) is 0 Å². The van der Waals surface area contributed by atoms with Crippen LogP contribution in [0.5, 0.6) is 0 Å². The van der Waals surface area contributed by atoms with E-state index in [9.17, 15) is 9.59 Å². The molecule has 0 aromatic heterocycles. The van der Waals surface area contributed by atoms with E-state index in [1.54, 1.807) is 0 Å². The molecule has 0 aromatic carbocycles. The Morgan fingerprint density at radius 1 is 1.71 bits per heavy atom. The van der Waals surface area contributed by atoms with E-state index in [-0.39, 0.29) is 6.41 Å². The van der Waals surface area contributed by atoms with Gasteiger partial charge in [-0.05, 0) is 0 Å². The van der Waals surface area contributed by atoms with E-state index in [0.717, 1.165) is 0 Å². The first-order valence-electron chi connectivity index (χ1n) is 1.62. The second-order valence-corrected chi connectivity index (χ2v) is 0.840. The van der Waals surface area contributed by atoms with Crippen LogP contribution in [0.4, 0.5) is 0 Å². The standard InChI is InChI=1S/C3H4N2O2/c1-3(7)5-4-2-6/h2H,1H3. The summed E-state index contributed by atoms with van der Waals surface area (Å²) in [6.45, 7) is 1.22. The summed E-state index contributed by atoms with van der Waals surface area (Å²) < 4.78 is 0. The van der Waals surface area contributed by atoms with Crippen LogP contribution in [0.25, 0.3) is 0 Å². The molecule has 4 heteroatoms. The maximum atomic E-state index is 9.78. The molecule has 0 aliphatic rings. The van der Waals surface area contributed by atoms with Crippen molar-refractivity contribution >= 4 is 12.3 Å². The smallest absolute Gasteiger partial charge is 0.261 e. The average molecular weight is 100 g/mol. The quantitative estimate of drug-likeness (QED) is 0.347. The number of nitrogens with zero attached hydrogens (tertiary/aromatic N) is 2. The lowest BCUT2D eigenvalue weighted by Gasteiger charge is -1.67. The van der Waals surface area contributed by atoms with Crippen LogP contribution in [0.2, 0.25) is 0 Å². The molecule has 0 atom stereocenters. The van der Waals surface area contributed by atoms with Gasteiger partial charge in [0.05, 0.1) is 0 Å². The van der Waals surface area contributed by atoms with Gasteiger partial charge in [0.25, 0.3) is 12.3 Å². The summed E-state index contributed by atoms with van der Waals surface area (Å²) in [5.74, 6) is -0.466. The molecule has 0 unspecified atom stereocenters. The molecule has 2 amide bonds. The summed E-state index contributed by atoms with van der Waals surface area (Å²) in [7, 11) is 0. The average Bonchev–Trinajstić information content (AvgIpc) is 1.61. The monoisotopic (exact) mass is 100 g/mol. The van der Waals surface area contributed by atoms with Gasteiger partial charge in [-0.2, -0.15) is 0 Å². The van der Waals surface area contributed by atoms with Gasteiger partial charge in [0.1, 0.15) is 0 Å². The van der Waals surface area contributed by atoms with Crippen molar-refractivity contribution in [2.45, 2.75) is 6.92 Å². The van der Waals surface area contributed by atoms with Gasteiger partial charge in [-0.1, -0.05) is 0 Å². The van der Waals surface area contributed by atoms with Crippen molar-refractivity contribution in [3.63, 3.8) is 0 Å². The van der Waals surface area contributed by atoms with Crippen molar-refractivity contribution in [1.29, 1.82) is 0 Å². The minimum absolute atomic E-state index is 0.210. The van der Waals surface area contributed by atoms with Crippen LogP contribution in [0.1, 0.15) is 6.92 Å². The Hall–Kier alpha value is -1.06. The van der Waals surface area contributed by atoms with Crippen LogP contribution in [-0.4, -0.2) is 12.3 Å². The largest absolute Gasteiger partial charge is 0.275 e. The summed E-state index contributed by atoms with van der Waals surface area (Å²) in [5.41, 5.74) is 0. The molecule has 7 heavy (non-hydrogen) atoms. The molecule has 0 rings (SSSR count). The fraction of sp³-hybridized carbons (Fsp3) is 0.333. The second-order valence-electron chi connectivity index (χ2n) is 0.840. The van der Waals surface area contributed by atoms with Crippen LogP contribution in [0.3, 0.4) is 0 Å². The van der Waals surface area contributed by atoms with Crippen molar-refractivity contribution in [2.75, 3.05) is 0 Å². The molecule has 0 radical (unpaired) electrons. The predicted molar refractivity (Wildman–Crippen MR) is 21.6 cm³/mol. The number of carbonyl (C=O) groups excluding carboxylic acids is 2. The van der Waals surface area contributed by atoms with E-state index >= 15 is 0 Å². The maximum Gasteiger partial charge on any atom is 0.261 e. The Kier molecular flexibility index (Phi) is 2.67. The lowest BCUT2D eigenvalue weighted by atomic mass is 10.8. The van der Waals surface area contributed by atoms with E-state index in [1.165, 1.54) is 6.92 Å². The summed E-state index contributed by atoms with van der Waals surface area (Å²) >= 11 is 0. The molecule has 0 aliphatic carbocycles. The van der Waals surface area contributed by atoms with E-state index in [0.29, 0.717) is 0 Å². The first-order chi connectivity index (χ1) is 3.27. The number of azo groups is 1. The number of hydrogen-bond donors (Lipinski definition) is 0. The number of carbonyl (C=O) groups is 2.